The van der Waals surface area contributed by atoms with Gasteiger partial charge in [-0.15, -0.1) is 10.2 Å². The van der Waals surface area contributed by atoms with E-state index in [9.17, 15) is 19.2 Å². The van der Waals surface area contributed by atoms with Gasteiger partial charge in [0.1, 0.15) is 11.6 Å². The van der Waals surface area contributed by atoms with Crippen molar-refractivity contribution in [3.8, 4) is 22.5 Å². The van der Waals surface area contributed by atoms with Gasteiger partial charge in [0, 0.05) is 35.7 Å². The molecule has 5 N–H and O–H groups in total. The number of aromatic nitrogens is 4. The number of anilines is 1. The lowest BCUT2D eigenvalue weighted by Gasteiger charge is -2.29. The number of quaternary nitrogens is 1. The maximum Gasteiger partial charge on any atom is 0.407 e. The van der Waals surface area contributed by atoms with Crippen molar-refractivity contribution in [1.82, 2.24) is 36.6 Å². The molecule has 4 amide bonds. The quantitative estimate of drug-likeness (QED) is 0.108. The van der Waals surface area contributed by atoms with Crippen LogP contribution in [-0.2, 0) is 20.7 Å². The van der Waals surface area contributed by atoms with Crippen LogP contribution < -0.4 is 21.3 Å². The molecule has 4 aromatic rings. The summed E-state index contributed by atoms with van der Waals surface area (Å²) in [7, 11) is 6.27. The first-order valence-corrected chi connectivity index (χ1v) is 19.2. The Balaban J connectivity index is 1.24. The normalized spacial score (nSPS) is 16.3. The molecule has 5 rings (SSSR count). The van der Waals surface area contributed by atoms with Gasteiger partial charge in [0.05, 0.1) is 34.2 Å². The zero-order valence-electron chi connectivity index (χ0n) is 33.6. The summed E-state index contributed by atoms with van der Waals surface area (Å²) in [6.07, 6.45) is 2.70. The minimum atomic E-state index is -0.839. The largest absolute Gasteiger partial charge is 0.444 e. The van der Waals surface area contributed by atoms with Gasteiger partial charge in [-0.05, 0) is 123 Å². The summed E-state index contributed by atoms with van der Waals surface area (Å²) in [6, 6.07) is 19.9. The number of aromatic amines is 1. The number of likely N-dealkylation sites (N-methyl/N-ethyl adjacent to an activating group) is 1. The Morgan fingerprint density at radius 3 is 2.18 bits per heavy atom. The van der Waals surface area contributed by atoms with E-state index in [4.69, 9.17) is 4.74 Å². The lowest BCUT2D eigenvalue weighted by molar-refractivity contribution is -0.869. The number of aryl methyl sites for hydroxylation is 1. The van der Waals surface area contributed by atoms with Gasteiger partial charge >= 0.3 is 6.09 Å². The highest BCUT2D eigenvalue weighted by Crippen LogP contribution is 2.29. The molecule has 14 heteroatoms. The lowest BCUT2D eigenvalue weighted by atomic mass is 9.81. The zero-order chi connectivity index (χ0) is 40.5. The molecule has 1 unspecified atom stereocenters. The first kappa shape index (κ1) is 41.5. The third-order valence-electron chi connectivity index (χ3n) is 9.80. The van der Waals surface area contributed by atoms with Crippen LogP contribution in [0.3, 0.4) is 0 Å². The summed E-state index contributed by atoms with van der Waals surface area (Å²) in [5.41, 5.74) is 5.19. The maximum absolute atomic E-state index is 13.8. The van der Waals surface area contributed by atoms with Gasteiger partial charge in [-0.1, -0.05) is 30.3 Å². The Labute approximate surface area is 329 Å². The highest BCUT2D eigenvalue weighted by Gasteiger charge is 2.30. The Morgan fingerprint density at radius 1 is 0.893 bits per heavy atom. The molecule has 3 aromatic carbocycles. The van der Waals surface area contributed by atoms with Crippen LogP contribution in [0.5, 0.6) is 0 Å². The Hall–Kier alpha value is -5.63. The SMILES string of the molecule is Cc1cc(C(=O)NCC[N+](C)(C)C)ccc1-c1ccc(CC(NC(=O)C2CCC(CNC(=O)OC(C)(C)C)CC2)C(=O)Nc2ccc(-c3nn[nH]n3)cc2)cc1. The van der Waals surface area contributed by atoms with Gasteiger partial charge in [0.25, 0.3) is 5.91 Å². The van der Waals surface area contributed by atoms with Gasteiger partial charge in [0.2, 0.25) is 17.6 Å². The fourth-order valence-electron chi connectivity index (χ4n) is 6.68. The third-order valence-corrected chi connectivity index (χ3v) is 9.80. The average Bonchev–Trinajstić information content (AvgIpc) is 3.69. The number of hydrogen-bond acceptors (Lipinski definition) is 8. The predicted octanol–water partition coefficient (Wildman–Crippen LogP) is 5.28. The molecule has 298 valence electrons. The van der Waals surface area contributed by atoms with E-state index in [-0.39, 0.29) is 36.0 Å². The maximum atomic E-state index is 13.8. The van der Waals surface area contributed by atoms with Crippen molar-refractivity contribution in [2.45, 2.75) is 71.4 Å². The van der Waals surface area contributed by atoms with Crippen molar-refractivity contribution >= 4 is 29.5 Å². The number of nitrogens with zero attached hydrogens (tertiary/aromatic N) is 4. The van der Waals surface area contributed by atoms with Crippen LogP contribution in [0.15, 0.2) is 66.7 Å². The van der Waals surface area contributed by atoms with E-state index >= 15 is 0 Å². The first-order chi connectivity index (χ1) is 26.5. The summed E-state index contributed by atoms with van der Waals surface area (Å²) in [5, 5.41) is 25.9. The molecule has 1 saturated carbocycles. The van der Waals surface area contributed by atoms with Gasteiger partial charge in [0.15, 0.2) is 0 Å². The van der Waals surface area contributed by atoms with Gasteiger partial charge in [-0.2, -0.15) is 5.21 Å². The van der Waals surface area contributed by atoms with Crippen LogP contribution in [0.25, 0.3) is 22.5 Å². The molecule has 0 saturated heterocycles. The van der Waals surface area contributed by atoms with Crippen molar-refractivity contribution in [3.05, 3.63) is 83.4 Å². The highest BCUT2D eigenvalue weighted by atomic mass is 16.6. The van der Waals surface area contributed by atoms with E-state index < -0.39 is 17.7 Å². The number of carbonyl (C=O) groups excluding carboxylic acids is 4. The second kappa shape index (κ2) is 18.3. The predicted molar refractivity (Wildman–Crippen MR) is 215 cm³/mol. The summed E-state index contributed by atoms with van der Waals surface area (Å²) >= 11 is 0. The first-order valence-electron chi connectivity index (χ1n) is 19.2. The minimum Gasteiger partial charge on any atom is -0.444 e. The number of ether oxygens (including phenoxy) is 1. The zero-order valence-corrected chi connectivity index (χ0v) is 33.6. The second-order valence-electron chi connectivity index (χ2n) is 16.7. The molecule has 0 bridgehead atoms. The van der Waals surface area contributed by atoms with E-state index in [0.717, 1.165) is 51.7 Å². The number of H-pyrrole nitrogens is 1. The number of benzene rings is 3. The molecule has 1 fully saturated rings. The van der Waals surface area contributed by atoms with Crippen molar-refractivity contribution in [1.29, 1.82) is 0 Å². The smallest absolute Gasteiger partial charge is 0.407 e. The minimum absolute atomic E-state index is 0.0963. The molecule has 1 heterocycles. The van der Waals surface area contributed by atoms with E-state index in [2.05, 4.69) is 63.0 Å². The molecule has 1 aromatic heterocycles. The molecule has 0 radical (unpaired) electrons. The molecule has 0 aliphatic heterocycles. The Morgan fingerprint density at radius 2 is 1.57 bits per heavy atom. The topological polar surface area (TPSA) is 180 Å². The second-order valence-corrected chi connectivity index (χ2v) is 16.7. The Bertz CT molecular complexity index is 1940. The molecule has 0 spiro atoms. The fraction of sp³-hybridized carbons (Fsp3) is 0.452. The summed E-state index contributed by atoms with van der Waals surface area (Å²) < 4.78 is 6.12. The summed E-state index contributed by atoms with van der Waals surface area (Å²) in [6.45, 7) is 9.38. The van der Waals surface area contributed by atoms with Crippen LogP contribution in [0, 0.1) is 18.8 Å². The van der Waals surface area contributed by atoms with E-state index in [1.165, 1.54) is 0 Å². The number of hydrogen-bond donors (Lipinski definition) is 5. The Kier molecular flexibility index (Phi) is 13.6. The fourth-order valence-corrected chi connectivity index (χ4v) is 6.68. The van der Waals surface area contributed by atoms with Crippen molar-refractivity contribution < 1.29 is 28.4 Å². The van der Waals surface area contributed by atoms with Crippen molar-refractivity contribution in [2.24, 2.45) is 11.8 Å². The van der Waals surface area contributed by atoms with Crippen LogP contribution >= 0.6 is 0 Å². The molecule has 14 nitrogen and oxygen atoms in total. The summed E-state index contributed by atoms with van der Waals surface area (Å²) in [5.74, 6) is -0.156. The van der Waals surface area contributed by atoms with Crippen LogP contribution in [0.2, 0.25) is 0 Å². The van der Waals surface area contributed by atoms with Gasteiger partial charge < -0.3 is 30.5 Å². The molecule has 1 aliphatic rings. The number of tetrazole rings is 1. The number of rotatable bonds is 14. The highest BCUT2D eigenvalue weighted by molar-refractivity contribution is 5.98. The van der Waals surface area contributed by atoms with Gasteiger partial charge in [-0.3, -0.25) is 14.4 Å². The molecular weight excluding hydrogens is 711 g/mol. The lowest BCUT2D eigenvalue weighted by Crippen LogP contribution is -2.48. The van der Waals surface area contributed by atoms with Crippen LogP contribution in [0.4, 0.5) is 10.5 Å². The van der Waals surface area contributed by atoms with Crippen LogP contribution in [-0.4, -0.2) is 101 Å². The third kappa shape index (κ3) is 12.4. The van der Waals surface area contributed by atoms with Crippen molar-refractivity contribution in [3.63, 3.8) is 0 Å². The average molecular weight is 767 g/mol. The summed E-state index contributed by atoms with van der Waals surface area (Å²) in [4.78, 5) is 52.4. The molecule has 56 heavy (non-hydrogen) atoms. The number of carbonyl (C=O) groups is 4. The standard InChI is InChI=1S/C42H55N9O5/c1-27-24-33(38(52)43-22-23-51(5,6)7)18-21-35(27)30-12-8-28(9-13-30)25-36(40(54)45-34-19-16-31(17-20-34)37-47-49-50-48-37)46-39(53)32-14-10-29(11-15-32)26-44-41(55)56-42(2,3)4/h8-9,12-13,16-21,24,29,32,36H,10-11,14-15,22-23,25-26H2,1-7H3,(H4-,43,44,45,46,47,48,49,50,52,53,54,55)/p+1. The number of alkyl carbamates (subject to hydrolysis) is 1. The van der Waals surface area contributed by atoms with Crippen molar-refractivity contribution in [2.75, 3.05) is 46.1 Å². The molecular formula is C42H56N9O5+. The van der Waals surface area contributed by atoms with E-state index in [1.807, 2.05) is 70.2 Å². The van der Waals surface area contributed by atoms with Gasteiger partial charge in [-0.25, -0.2) is 4.79 Å². The number of amides is 4. The molecule has 1 atom stereocenters. The number of nitrogens with one attached hydrogen (secondary N) is 5. The van der Waals surface area contributed by atoms with E-state index in [0.29, 0.717) is 43.0 Å². The van der Waals surface area contributed by atoms with E-state index in [1.54, 1.807) is 24.3 Å². The monoisotopic (exact) mass is 766 g/mol. The molecule has 1 aliphatic carbocycles. The van der Waals surface area contributed by atoms with Crippen LogP contribution in [0.1, 0.15) is 67.9 Å².